The molecule has 1 aromatic heterocycles. The average Bonchev–Trinajstić information content (AvgIpc) is 3.63. The highest BCUT2D eigenvalue weighted by Crippen LogP contribution is 2.29. The number of nitrogens with one attached hydrogen (secondary N) is 5. The number of ether oxygens (including phenoxy) is 1. The third-order valence-corrected chi connectivity index (χ3v) is 9.95. The molecule has 0 radical (unpaired) electrons. The summed E-state index contributed by atoms with van der Waals surface area (Å²) in [6.07, 6.45) is 4.46. The fourth-order valence-electron chi connectivity index (χ4n) is 6.81. The summed E-state index contributed by atoms with van der Waals surface area (Å²) in [4.78, 5) is 54.7. The minimum absolute atomic E-state index is 0.107. The Labute approximate surface area is 318 Å². The number of carbonyl (C=O) groups is 4. The standard InChI is InChI=1S/C42H55N7O5/c1-6-49(7-2)22-21-43-38(50)31-17-15-30(16-18-31)33-10-8-9-29(23-33)24-37(40(52)46-35-20-19-34-27-45-48-36(34)25-35)47-39(51)32-13-11-28(12-14-32)26-44-41(53)54-42(3,4)5/h8-10,15-20,23,25,27-28,32,37H,6-7,11-14,21-22,24,26H2,1-5H3,(H,43,50)(H,44,53)(H,45,48)(H,46,52)(H,47,51)/t28?,32?,37-/m0/s1. The third kappa shape index (κ3) is 11.6. The van der Waals surface area contributed by atoms with Gasteiger partial charge in [0.1, 0.15) is 11.6 Å². The largest absolute Gasteiger partial charge is 0.444 e. The topological polar surface area (TPSA) is 158 Å². The second kappa shape index (κ2) is 18.7. The lowest BCUT2D eigenvalue weighted by Crippen LogP contribution is -2.48. The van der Waals surface area contributed by atoms with Crippen LogP contribution < -0.4 is 21.3 Å². The first-order valence-electron chi connectivity index (χ1n) is 19.1. The van der Waals surface area contributed by atoms with Crippen LogP contribution in [0.15, 0.2) is 72.9 Å². The van der Waals surface area contributed by atoms with Gasteiger partial charge < -0.3 is 30.9 Å². The van der Waals surface area contributed by atoms with Crippen molar-refractivity contribution in [3.63, 3.8) is 0 Å². The van der Waals surface area contributed by atoms with Gasteiger partial charge in [-0.1, -0.05) is 50.2 Å². The van der Waals surface area contributed by atoms with Crippen LogP contribution in [-0.4, -0.2) is 83.3 Å². The third-order valence-electron chi connectivity index (χ3n) is 9.95. The summed E-state index contributed by atoms with van der Waals surface area (Å²) in [5.41, 5.74) is 4.18. The van der Waals surface area contributed by atoms with Crippen molar-refractivity contribution in [1.82, 2.24) is 31.0 Å². The number of benzene rings is 3. The number of H-pyrrole nitrogens is 1. The van der Waals surface area contributed by atoms with Crippen LogP contribution in [-0.2, 0) is 20.7 Å². The van der Waals surface area contributed by atoms with Crippen LogP contribution in [0.4, 0.5) is 10.5 Å². The van der Waals surface area contributed by atoms with Crippen molar-refractivity contribution in [3.8, 4) is 11.1 Å². The van der Waals surface area contributed by atoms with E-state index < -0.39 is 17.7 Å². The van der Waals surface area contributed by atoms with Crippen LogP contribution in [0.3, 0.4) is 0 Å². The highest BCUT2D eigenvalue weighted by Gasteiger charge is 2.30. The van der Waals surface area contributed by atoms with Gasteiger partial charge in [0.25, 0.3) is 5.91 Å². The van der Waals surface area contributed by atoms with Gasteiger partial charge in [0.05, 0.1) is 11.7 Å². The van der Waals surface area contributed by atoms with Gasteiger partial charge in [-0.05, 0) is 112 Å². The summed E-state index contributed by atoms with van der Waals surface area (Å²) in [5.74, 6) is -0.566. The minimum atomic E-state index is -0.834. The van der Waals surface area contributed by atoms with Crippen LogP contribution in [0.25, 0.3) is 22.0 Å². The van der Waals surface area contributed by atoms with Crippen molar-refractivity contribution in [3.05, 3.63) is 84.1 Å². The lowest BCUT2D eigenvalue weighted by molar-refractivity contribution is -0.130. The van der Waals surface area contributed by atoms with E-state index in [1.54, 1.807) is 6.20 Å². The smallest absolute Gasteiger partial charge is 0.407 e. The molecule has 0 aliphatic heterocycles. The molecule has 5 rings (SSSR count). The first kappa shape index (κ1) is 40.0. The molecular formula is C42H55N7O5. The zero-order chi connectivity index (χ0) is 38.7. The van der Waals surface area contributed by atoms with E-state index in [0.717, 1.165) is 60.1 Å². The molecule has 1 fully saturated rings. The molecule has 0 saturated heterocycles. The molecule has 1 aliphatic carbocycles. The van der Waals surface area contributed by atoms with Crippen LogP contribution in [0.1, 0.15) is 76.2 Å². The molecule has 0 spiro atoms. The first-order chi connectivity index (χ1) is 25.9. The summed E-state index contributed by atoms with van der Waals surface area (Å²) in [5, 5.41) is 19.9. The van der Waals surface area contributed by atoms with Crippen molar-refractivity contribution in [2.45, 2.75) is 78.4 Å². The van der Waals surface area contributed by atoms with Gasteiger partial charge in [0.15, 0.2) is 0 Å². The van der Waals surface area contributed by atoms with E-state index in [1.165, 1.54) is 0 Å². The quantitative estimate of drug-likeness (QED) is 0.0959. The van der Waals surface area contributed by atoms with E-state index in [0.29, 0.717) is 37.2 Å². The number of hydrogen-bond donors (Lipinski definition) is 5. The van der Waals surface area contributed by atoms with Crippen LogP contribution in [0.5, 0.6) is 0 Å². The number of rotatable bonds is 15. The van der Waals surface area contributed by atoms with Gasteiger partial charge in [0, 0.05) is 48.6 Å². The van der Waals surface area contributed by atoms with Gasteiger partial charge in [-0.25, -0.2) is 4.79 Å². The molecule has 5 N–H and O–H groups in total. The maximum absolute atomic E-state index is 13.9. The molecule has 1 atom stereocenters. The van der Waals surface area contributed by atoms with Gasteiger partial charge in [0.2, 0.25) is 11.8 Å². The SMILES string of the molecule is CCN(CC)CCNC(=O)c1ccc(-c2cccc(C[C@H](NC(=O)C3CCC(CNC(=O)OC(C)(C)C)CC3)C(=O)Nc3ccc4cn[nH]c4c3)c2)cc1. The average molecular weight is 738 g/mol. The Morgan fingerprint density at radius 3 is 2.35 bits per heavy atom. The van der Waals surface area contributed by atoms with Crippen molar-refractivity contribution < 1.29 is 23.9 Å². The number of fused-ring (bicyclic) bond motifs is 1. The summed E-state index contributed by atoms with van der Waals surface area (Å²) < 4.78 is 5.36. The number of likely N-dealkylation sites (N-methyl/N-ethyl adjacent to an activating group) is 1. The molecule has 0 bridgehead atoms. The van der Waals surface area contributed by atoms with E-state index in [4.69, 9.17) is 4.74 Å². The highest BCUT2D eigenvalue weighted by molar-refractivity contribution is 5.99. The van der Waals surface area contributed by atoms with E-state index in [2.05, 4.69) is 50.2 Å². The Bertz CT molecular complexity index is 1870. The van der Waals surface area contributed by atoms with E-state index >= 15 is 0 Å². The molecule has 1 aliphatic rings. The zero-order valence-corrected chi connectivity index (χ0v) is 32.2. The molecule has 1 saturated carbocycles. The molecule has 288 valence electrons. The number of hydrogen-bond acceptors (Lipinski definition) is 7. The van der Waals surface area contributed by atoms with E-state index in [9.17, 15) is 19.2 Å². The molecule has 12 nitrogen and oxygen atoms in total. The predicted molar refractivity (Wildman–Crippen MR) is 212 cm³/mol. The van der Waals surface area contributed by atoms with Crippen LogP contribution in [0, 0.1) is 11.8 Å². The van der Waals surface area contributed by atoms with Crippen molar-refractivity contribution in [2.75, 3.05) is 38.0 Å². The van der Waals surface area contributed by atoms with Gasteiger partial charge in [-0.2, -0.15) is 5.10 Å². The fraction of sp³-hybridized carbons (Fsp3) is 0.452. The maximum atomic E-state index is 13.9. The number of nitrogens with zero attached hydrogens (tertiary/aromatic N) is 2. The zero-order valence-electron chi connectivity index (χ0n) is 32.2. The van der Waals surface area contributed by atoms with Crippen molar-refractivity contribution in [2.24, 2.45) is 11.8 Å². The molecule has 12 heteroatoms. The summed E-state index contributed by atoms with van der Waals surface area (Å²) in [6, 6.07) is 20.1. The summed E-state index contributed by atoms with van der Waals surface area (Å²) in [6.45, 7) is 13.5. The number of amides is 4. The maximum Gasteiger partial charge on any atom is 0.407 e. The first-order valence-corrected chi connectivity index (χ1v) is 19.1. The highest BCUT2D eigenvalue weighted by atomic mass is 16.6. The Kier molecular flexibility index (Phi) is 13.8. The second-order valence-corrected chi connectivity index (χ2v) is 15.1. The Balaban J connectivity index is 1.24. The Hall–Kier alpha value is -5.23. The molecular weight excluding hydrogens is 683 g/mol. The van der Waals surface area contributed by atoms with Gasteiger partial charge in [-0.15, -0.1) is 0 Å². The van der Waals surface area contributed by atoms with Gasteiger partial charge >= 0.3 is 6.09 Å². The second-order valence-electron chi connectivity index (χ2n) is 15.1. The van der Waals surface area contributed by atoms with Crippen LogP contribution in [0.2, 0.25) is 0 Å². The molecule has 3 aromatic carbocycles. The van der Waals surface area contributed by atoms with Gasteiger partial charge in [-0.3, -0.25) is 19.5 Å². The normalized spacial score (nSPS) is 16.4. The minimum Gasteiger partial charge on any atom is -0.444 e. The number of aromatic nitrogens is 2. The molecule has 4 amide bonds. The lowest BCUT2D eigenvalue weighted by Gasteiger charge is -2.29. The monoisotopic (exact) mass is 737 g/mol. The summed E-state index contributed by atoms with van der Waals surface area (Å²) in [7, 11) is 0. The van der Waals surface area contributed by atoms with Crippen molar-refractivity contribution in [1.29, 1.82) is 0 Å². The van der Waals surface area contributed by atoms with Crippen LogP contribution >= 0.6 is 0 Å². The molecule has 1 heterocycles. The van der Waals surface area contributed by atoms with E-state index in [1.807, 2.05) is 87.5 Å². The fourth-order valence-corrected chi connectivity index (χ4v) is 6.81. The Morgan fingerprint density at radius 2 is 1.65 bits per heavy atom. The molecule has 4 aromatic rings. The van der Waals surface area contributed by atoms with Crippen molar-refractivity contribution >= 4 is 40.4 Å². The predicted octanol–water partition coefficient (Wildman–Crippen LogP) is 6.30. The molecule has 54 heavy (non-hydrogen) atoms. The number of alkyl carbamates (subject to hydrolysis) is 1. The number of anilines is 1. The molecule has 0 unspecified atom stereocenters. The Morgan fingerprint density at radius 1 is 0.907 bits per heavy atom. The lowest BCUT2D eigenvalue weighted by atomic mass is 9.81. The van der Waals surface area contributed by atoms with E-state index in [-0.39, 0.29) is 36.0 Å². The number of carbonyl (C=O) groups excluding carboxylic acids is 4. The summed E-state index contributed by atoms with van der Waals surface area (Å²) >= 11 is 0. The number of aromatic amines is 1.